The predicted molar refractivity (Wildman–Crippen MR) is 274 cm³/mol. The van der Waals surface area contributed by atoms with Crippen molar-refractivity contribution in [1.29, 1.82) is 0 Å². The van der Waals surface area contributed by atoms with Crippen LogP contribution >= 0.6 is 0 Å². The monoisotopic (exact) mass is 893 g/mol. The molecule has 0 bridgehead atoms. The number of allylic oxidation sites excluding steroid dienone is 12. The first-order chi connectivity index (χ1) is 31.5. The molecule has 0 amide bonds. The lowest BCUT2D eigenvalue weighted by Crippen LogP contribution is -2.30. The van der Waals surface area contributed by atoms with Crippen molar-refractivity contribution in [2.24, 2.45) is 0 Å². The summed E-state index contributed by atoms with van der Waals surface area (Å²) in [6, 6.07) is 0. The highest BCUT2D eigenvalue weighted by atomic mass is 16.6. The van der Waals surface area contributed by atoms with E-state index >= 15 is 0 Å². The Bertz CT molecular complexity index is 1210. The van der Waals surface area contributed by atoms with Gasteiger partial charge in [0, 0.05) is 19.3 Å². The number of carbonyl (C=O) groups excluding carboxylic acids is 3. The molecule has 64 heavy (non-hydrogen) atoms. The summed E-state index contributed by atoms with van der Waals surface area (Å²) in [6.45, 7) is 6.46. The number of hydrogen-bond acceptors (Lipinski definition) is 6. The van der Waals surface area contributed by atoms with Crippen molar-refractivity contribution in [2.45, 2.75) is 264 Å². The highest BCUT2D eigenvalue weighted by Crippen LogP contribution is 2.15. The van der Waals surface area contributed by atoms with Crippen molar-refractivity contribution in [3.63, 3.8) is 0 Å². The molecule has 0 aromatic heterocycles. The number of ether oxygens (including phenoxy) is 3. The molecule has 0 aliphatic heterocycles. The number of rotatable bonds is 48. The van der Waals surface area contributed by atoms with Crippen LogP contribution in [0.3, 0.4) is 0 Å². The molecule has 0 aromatic rings. The zero-order valence-corrected chi connectivity index (χ0v) is 42.0. The zero-order chi connectivity index (χ0) is 46.5. The molecule has 1 atom stereocenters. The van der Waals surface area contributed by atoms with Crippen molar-refractivity contribution in [1.82, 2.24) is 0 Å². The van der Waals surface area contributed by atoms with E-state index in [4.69, 9.17) is 14.2 Å². The lowest BCUT2D eigenvalue weighted by atomic mass is 10.0. The van der Waals surface area contributed by atoms with Gasteiger partial charge in [-0.1, -0.05) is 235 Å². The number of unbranched alkanes of at least 4 members (excludes halogenated alkanes) is 25. The summed E-state index contributed by atoms with van der Waals surface area (Å²) in [5.74, 6) is -0.998. The van der Waals surface area contributed by atoms with Crippen LogP contribution in [0.2, 0.25) is 0 Å². The third-order valence-electron chi connectivity index (χ3n) is 11.5. The normalized spacial score (nSPS) is 12.6. The van der Waals surface area contributed by atoms with E-state index in [1.807, 2.05) is 6.08 Å². The maximum Gasteiger partial charge on any atom is 0.306 e. The molecule has 0 aromatic carbocycles. The summed E-state index contributed by atoms with van der Waals surface area (Å²) >= 11 is 0. The van der Waals surface area contributed by atoms with E-state index in [1.54, 1.807) is 0 Å². The minimum atomic E-state index is -0.809. The Balaban J connectivity index is 4.49. The number of hydrogen-bond donors (Lipinski definition) is 0. The summed E-state index contributed by atoms with van der Waals surface area (Å²) in [6.07, 6.45) is 66.1. The predicted octanol–water partition coefficient (Wildman–Crippen LogP) is 17.8. The molecule has 1 unspecified atom stereocenters. The highest BCUT2D eigenvalue weighted by molar-refractivity contribution is 5.71. The summed E-state index contributed by atoms with van der Waals surface area (Å²) < 4.78 is 16.7. The first-order valence-electron chi connectivity index (χ1n) is 26.9. The van der Waals surface area contributed by atoms with Crippen LogP contribution in [-0.4, -0.2) is 37.2 Å². The summed E-state index contributed by atoms with van der Waals surface area (Å²) in [7, 11) is 0. The van der Waals surface area contributed by atoms with Gasteiger partial charge in [0.05, 0.1) is 0 Å². The smallest absolute Gasteiger partial charge is 0.306 e. The topological polar surface area (TPSA) is 78.9 Å². The Morgan fingerprint density at radius 1 is 0.328 bits per heavy atom. The summed E-state index contributed by atoms with van der Waals surface area (Å²) in [5, 5.41) is 0. The largest absolute Gasteiger partial charge is 0.462 e. The Labute approximate surface area is 395 Å². The Hall–Kier alpha value is -3.15. The van der Waals surface area contributed by atoms with E-state index in [1.165, 1.54) is 128 Å². The molecule has 0 N–H and O–H groups in total. The standard InChI is InChI=1S/C58H100O6/c1-4-7-10-13-16-19-22-25-28-30-33-36-39-42-45-48-51-57(60)63-54-55(53-62-56(59)50-47-44-41-38-35-32-27-24-21-18-15-12-9-6-3)64-58(61)52-49-46-43-40-37-34-31-29-26-23-20-17-14-11-8-5-2/h7,10,16,19,25,28,32-33,35-36,42,45,55H,4-6,8-9,11-15,17-18,20-24,26-27,29-31,34,37-41,43-44,46-54H2,1-3H3/b10-7-,19-16-,28-25-,35-32-,36-33-,45-42-. The average Bonchev–Trinajstić information content (AvgIpc) is 3.29. The molecular weight excluding hydrogens is 793 g/mol. The molecule has 6 nitrogen and oxygen atoms in total. The molecule has 0 aliphatic carbocycles. The molecule has 0 saturated heterocycles. The molecule has 0 fully saturated rings. The van der Waals surface area contributed by atoms with Gasteiger partial charge in [0.25, 0.3) is 0 Å². The quantitative estimate of drug-likeness (QED) is 0.0262. The van der Waals surface area contributed by atoms with E-state index in [-0.39, 0.29) is 37.5 Å². The van der Waals surface area contributed by atoms with E-state index in [2.05, 4.69) is 87.6 Å². The van der Waals surface area contributed by atoms with Crippen LogP contribution in [0.25, 0.3) is 0 Å². The van der Waals surface area contributed by atoms with Gasteiger partial charge in [0.15, 0.2) is 6.10 Å². The lowest BCUT2D eigenvalue weighted by Gasteiger charge is -2.18. The van der Waals surface area contributed by atoms with Gasteiger partial charge in [0.2, 0.25) is 0 Å². The minimum absolute atomic E-state index is 0.104. The van der Waals surface area contributed by atoms with E-state index in [0.717, 1.165) is 83.5 Å². The molecule has 0 heterocycles. The van der Waals surface area contributed by atoms with Crippen LogP contribution < -0.4 is 0 Å². The van der Waals surface area contributed by atoms with E-state index in [0.29, 0.717) is 19.3 Å². The molecule has 0 rings (SSSR count). The van der Waals surface area contributed by atoms with Crippen molar-refractivity contribution in [2.75, 3.05) is 13.2 Å². The van der Waals surface area contributed by atoms with Crippen LogP contribution in [0.1, 0.15) is 258 Å². The fourth-order valence-electron chi connectivity index (χ4n) is 7.43. The van der Waals surface area contributed by atoms with E-state index in [9.17, 15) is 14.4 Å². The summed E-state index contributed by atoms with van der Waals surface area (Å²) in [4.78, 5) is 38.0. The van der Waals surface area contributed by atoms with Crippen molar-refractivity contribution in [3.8, 4) is 0 Å². The maximum absolute atomic E-state index is 12.8. The minimum Gasteiger partial charge on any atom is -0.462 e. The van der Waals surface area contributed by atoms with Crippen LogP contribution in [0, 0.1) is 0 Å². The second-order valence-electron chi connectivity index (χ2n) is 17.8. The Morgan fingerprint density at radius 2 is 0.641 bits per heavy atom. The Morgan fingerprint density at radius 3 is 1.06 bits per heavy atom. The number of esters is 3. The Kier molecular flexibility index (Phi) is 49.9. The van der Waals surface area contributed by atoms with Crippen molar-refractivity contribution < 1.29 is 28.6 Å². The SMILES string of the molecule is CC/C=C\C/C=C\C/C=C\C/C=C\C/C=C\CCC(=O)OCC(COC(=O)CCCCC/C=C\CCCCCCCCC)OC(=O)CCCCCCCCCCCCCCCCCC. The van der Waals surface area contributed by atoms with Crippen LogP contribution in [0.15, 0.2) is 72.9 Å². The molecule has 0 saturated carbocycles. The highest BCUT2D eigenvalue weighted by Gasteiger charge is 2.19. The molecule has 368 valence electrons. The average molecular weight is 893 g/mol. The van der Waals surface area contributed by atoms with Gasteiger partial charge in [-0.3, -0.25) is 14.4 Å². The van der Waals surface area contributed by atoms with Crippen molar-refractivity contribution >= 4 is 17.9 Å². The van der Waals surface area contributed by atoms with Gasteiger partial charge < -0.3 is 14.2 Å². The summed E-state index contributed by atoms with van der Waals surface area (Å²) in [5.41, 5.74) is 0. The molecule has 6 heteroatoms. The third kappa shape index (κ3) is 49.9. The van der Waals surface area contributed by atoms with Crippen LogP contribution in [0.5, 0.6) is 0 Å². The van der Waals surface area contributed by atoms with Gasteiger partial charge in [-0.15, -0.1) is 0 Å². The van der Waals surface area contributed by atoms with Crippen molar-refractivity contribution in [3.05, 3.63) is 72.9 Å². The maximum atomic E-state index is 12.8. The zero-order valence-electron chi connectivity index (χ0n) is 42.0. The molecule has 0 radical (unpaired) electrons. The molecule has 0 aliphatic rings. The fraction of sp³-hybridized carbons (Fsp3) is 0.741. The lowest BCUT2D eigenvalue weighted by molar-refractivity contribution is -0.166. The number of carbonyl (C=O) groups is 3. The first kappa shape index (κ1) is 60.9. The van der Waals surface area contributed by atoms with Crippen LogP contribution in [-0.2, 0) is 28.6 Å². The second kappa shape index (κ2) is 52.5. The van der Waals surface area contributed by atoms with Gasteiger partial charge in [0.1, 0.15) is 13.2 Å². The third-order valence-corrected chi connectivity index (χ3v) is 11.5. The van der Waals surface area contributed by atoms with Gasteiger partial charge in [-0.05, 0) is 77.0 Å². The fourth-order valence-corrected chi connectivity index (χ4v) is 7.43. The van der Waals surface area contributed by atoms with Gasteiger partial charge in [-0.25, -0.2) is 0 Å². The van der Waals surface area contributed by atoms with Crippen LogP contribution in [0.4, 0.5) is 0 Å². The van der Waals surface area contributed by atoms with Gasteiger partial charge >= 0.3 is 17.9 Å². The van der Waals surface area contributed by atoms with E-state index < -0.39 is 6.10 Å². The molecule has 0 spiro atoms. The first-order valence-corrected chi connectivity index (χ1v) is 26.9. The van der Waals surface area contributed by atoms with Gasteiger partial charge in [-0.2, -0.15) is 0 Å². The second-order valence-corrected chi connectivity index (χ2v) is 17.8. The molecular formula is C58H100O6.